The van der Waals surface area contributed by atoms with Gasteiger partial charge in [-0.05, 0) is 54.6 Å². The third kappa shape index (κ3) is 3.71. The van der Waals surface area contributed by atoms with Crippen molar-refractivity contribution in [1.82, 2.24) is 0 Å². The highest BCUT2D eigenvalue weighted by molar-refractivity contribution is 9.10. The summed E-state index contributed by atoms with van der Waals surface area (Å²) in [5.74, 6) is -0.343. The zero-order valence-electron chi connectivity index (χ0n) is 16.0. The molecule has 3 amide bonds. The van der Waals surface area contributed by atoms with E-state index in [-0.39, 0.29) is 24.3 Å². The molecule has 0 bridgehead atoms. The number of nitrogens with zero attached hydrogens (tertiary/aromatic N) is 2. The number of para-hydroxylation sites is 1. The van der Waals surface area contributed by atoms with Gasteiger partial charge in [0.05, 0.1) is 16.8 Å². The number of hydrogen-bond donors (Lipinski definition) is 0. The number of rotatable bonds is 5. The molecule has 1 aliphatic rings. The summed E-state index contributed by atoms with van der Waals surface area (Å²) >= 11 is 3.33. The van der Waals surface area contributed by atoms with Crippen LogP contribution in [0.4, 0.5) is 11.4 Å². The highest BCUT2D eigenvalue weighted by Gasteiger charge is 2.36. The number of halogens is 1. The molecule has 0 N–H and O–H groups in total. The fraction of sp³-hybridized carbons (Fsp3) is 0.0870. The number of carbonyl (C=O) groups excluding carboxylic acids is 3. The Hall–Kier alpha value is -3.45. The Bertz CT molecular complexity index is 1130. The number of hydrogen-bond acceptors (Lipinski definition) is 4. The molecule has 3 aromatic rings. The van der Waals surface area contributed by atoms with E-state index in [4.69, 9.17) is 4.74 Å². The van der Waals surface area contributed by atoms with Crippen LogP contribution in [-0.4, -0.2) is 31.4 Å². The number of carbonyl (C=O) groups is 3. The van der Waals surface area contributed by atoms with Crippen LogP contribution in [0.1, 0.15) is 20.7 Å². The summed E-state index contributed by atoms with van der Waals surface area (Å²) in [5, 5.41) is 0. The normalized spacial score (nSPS) is 12.7. The lowest BCUT2D eigenvalue weighted by Gasteiger charge is -2.19. The number of benzene rings is 3. The van der Waals surface area contributed by atoms with Crippen molar-refractivity contribution in [2.75, 3.05) is 23.5 Å². The van der Waals surface area contributed by atoms with Crippen molar-refractivity contribution < 1.29 is 19.1 Å². The Morgan fingerprint density at radius 2 is 1.60 bits per heavy atom. The molecule has 0 unspecified atom stereocenters. The van der Waals surface area contributed by atoms with Crippen molar-refractivity contribution >= 4 is 45.0 Å². The second-order valence-electron chi connectivity index (χ2n) is 6.71. The maximum Gasteiger partial charge on any atom is 0.266 e. The minimum absolute atomic E-state index is 0.102. The van der Waals surface area contributed by atoms with Gasteiger partial charge in [0.1, 0.15) is 5.75 Å². The molecule has 7 heteroatoms. The standard InChI is InChI=1S/C23H17BrN2O4/c1-25(21(27)14-30-18-5-3-2-4-6-18)16-8-10-17(11-9-16)26-22(28)19-12-7-15(24)13-20(19)23(26)29/h2-13H,14H2,1H3. The second-order valence-corrected chi connectivity index (χ2v) is 7.62. The first kappa shape index (κ1) is 19.8. The molecule has 0 saturated heterocycles. The summed E-state index contributed by atoms with van der Waals surface area (Å²) in [5.41, 5.74) is 1.81. The van der Waals surface area contributed by atoms with Gasteiger partial charge < -0.3 is 9.64 Å². The molecule has 0 aromatic heterocycles. The fourth-order valence-electron chi connectivity index (χ4n) is 3.18. The molecule has 6 nitrogen and oxygen atoms in total. The molecular weight excluding hydrogens is 448 g/mol. The van der Waals surface area contributed by atoms with E-state index in [0.717, 1.165) is 9.37 Å². The van der Waals surface area contributed by atoms with E-state index in [0.29, 0.717) is 28.3 Å². The molecule has 0 fully saturated rings. The molecule has 1 aliphatic heterocycles. The fourth-order valence-corrected chi connectivity index (χ4v) is 3.54. The van der Waals surface area contributed by atoms with E-state index in [1.54, 1.807) is 61.6 Å². The predicted octanol–water partition coefficient (Wildman–Crippen LogP) is 4.29. The highest BCUT2D eigenvalue weighted by atomic mass is 79.9. The maximum absolute atomic E-state index is 12.7. The first-order chi connectivity index (χ1) is 14.5. The number of amides is 3. The smallest absolute Gasteiger partial charge is 0.266 e. The number of likely N-dealkylation sites (N-methyl/N-ethyl adjacent to an activating group) is 1. The number of imide groups is 1. The van der Waals surface area contributed by atoms with Gasteiger partial charge in [0.15, 0.2) is 6.61 Å². The Morgan fingerprint density at radius 3 is 2.30 bits per heavy atom. The molecule has 0 saturated carbocycles. The Morgan fingerprint density at radius 1 is 0.933 bits per heavy atom. The molecule has 0 atom stereocenters. The van der Waals surface area contributed by atoms with E-state index >= 15 is 0 Å². The first-order valence-corrected chi connectivity index (χ1v) is 9.98. The summed E-state index contributed by atoms with van der Waals surface area (Å²) in [4.78, 5) is 40.4. The number of ether oxygens (including phenoxy) is 1. The molecule has 150 valence electrons. The van der Waals surface area contributed by atoms with Crippen molar-refractivity contribution in [1.29, 1.82) is 0 Å². The maximum atomic E-state index is 12.7. The third-order valence-corrected chi connectivity index (χ3v) is 5.32. The Balaban J connectivity index is 1.47. The van der Waals surface area contributed by atoms with Crippen LogP contribution in [-0.2, 0) is 4.79 Å². The molecule has 1 heterocycles. The lowest BCUT2D eigenvalue weighted by atomic mass is 10.1. The van der Waals surface area contributed by atoms with Crippen LogP contribution in [0, 0.1) is 0 Å². The van der Waals surface area contributed by atoms with E-state index in [1.165, 1.54) is 4.90 Å². The Labute approximate surface area is 181 Å². The zero-order chi connectivity index (χ0) is 21.3. The van der Waals surface area contributed by atoms with Gasteiger partial charge in [0, 0.05) is 17.2 Å². The van der Waals surface area contributed by atoms with Crippen LogP contribution in [0.2, 0.25) is 0 Å². The summed E-state index contributed by atoms with van der Waals surface area (Å²) in [6, 6.07) is 20.8. The largest absolute Gasteiger partial charge is 0.484 e. The van der Waals surface area contributed by atoms with Gasteiger partial charge in [-0.25, -0.2) is 4.90 Å². The van der Waals surface area contributed by atoms with Crippen molar-refractivity contribution in [2.45, 2.75) is 0 Å². The van der Waals surface area contributed by atoms with E-state index in [2.05, 4.69) is 15.9 Å². The van der Waals surface area contributed by atoms with Gasteiger partial charge >= 0.3 is 0 Å². The molecule has 0 radical (unpaired) electrons. The van der Waals surface area contributed by atoms with Crippen LogP contribution in [0.3, 0.4) is 0 Å². The molecule has 30 heavy (non-hydrogen) atoms. The molecular formula is C23H17BrN2O4. The zero-order valence-corrected chi connectivity index (χ0v) is 17.6. The van der Waals surface area contributed by atoms with E-state index in [9.17, 15) is 14.4 Å². The van der Waals surface area contributed by atoms with Crippen LogP contribution in [0.25, 0.3) is 0 Å². The summed E-state index contributed by atoms with van der Waals surface area (Å²) < 4.78 is 6.23. The van der Waals surface area contributed by atoms with Gasteiger partial charge in [-0.1, -0.05) is 34.1 Å². The number of fused-ring (bicyclic) bond motifs is 1. The van der Waals surface area contributed by atoms with E-state index < -0.39 is 0 Å². The minimum Gasteiger partial charge on any atom is -0.484 e. The molecule has 0 spiro atoms. The topological polar surface area (TPSA) is 66.9 Å². The summed E-state index contributed by atoms with van der Waals surface area (Å²) in [6.45, 7) is -0.102. The van der Waals surface area contributed by atoms with Gasteiger partial charge in [-0.3, -0.25) is 14.4 Å². The Kier molecular flexibility index (Phi) is 5.37. The van der Waals surface area contributed by atoms with Gasteiger partial charge in [-0.2, -0.15) is 0 Å². The molecule has 0 aliphatic carbocycles. The van der Waals surface area contributed by atoms with Crippen molar-refractivity contribution in [3.8, 4) is 5.75 Å². The molecule has 3 aromatic carbocycles. The van der Waals surface area contributed by atoms with E-state index in [1.807, 2.05) is 18.2 Å². The van der Waals surface area contributed by atoms with Gasteiger partial charge in [0.25, 0.3) is 17.7 Å². The average Bonchev–Trinajstić information content (AvgIpc) is 3.01. The predicted molar refractivity (Wildman–Crippen MR) is 117 cm³/mol. The first-order valence-electron chi connectivity index (χ1n) is 9.18. The second kappa shape index (κ2) is 8.12. The van der Waals surface area contributed by atoms with Gasteiger partial charge in [-0.15, -0.1) is 0 Å². The van der Waals surface area contributed by atoms with Crippen molar-refractivity contribution in [3.05, 3.63) is 88.4 Å². The number of anilines is 2. The van der Waals surface area contributed by atoms with Crippen LogP contribution in [0.5, 0.6) is 5.75 Å². The van der Waals surface area contributed by atoms with Crippen LogP contribution >= 0.6 is 15.9 Å². The van der Waals surface area contributed by atoms with Crippen molar-refractivity contribution in [2.24, 2.45) is 0 Å². The molecule has 4 rings (SSSR count). The van der Waals surface area contributed by atoms with Crippen LogP contribution < -0.4 is 14.5 Å². The average molecular weight is 465 g/mol. The summed E-state index contributed by atoms with van der Waals surface area (Å²) in [7, 11) is 1.64. The monoisotopic (exact) mass is 464 g/mol. The SMILES string of the molecule is CN(C(=O)COc1ccccc1)c1ccc(N2C(=O)c3ccc(Br)cc3C2=O)cc1. The van der Waals surface area contributed by atoms with Gasteiger partial charge in [0.2, 0.25) is 0 Å². The van der Waals surface area contributed by atoms with Crippen molar-refractivity contribution in [3.63, 3.8) is 0 Å². The lowest BCUT2D eigenvalue weighted by Crippen LogP contribution is -2.31. The quantitative estimate of drug-likeness (QED) is 0.528. The minimum atomic E-state index is -0.371. The lowest BCUT2D eigenvalue weighted by molar-refractivity contribution is -0.120. The third-order valence-electron chi connectivity index (χ3n) is 4.82. The summed E-state index contributed by atoms with van der Waals surface area (Å²) in [6.07, 6.45) is 0. The highest BCUT2D eigenvalue weighted by Crippen LogP contribution is 2.31. The van der Waals surface area contributed by atoms with Crippen LogP contribution in [0.15, 0.2) is 77.3 Å².